The number of hydrogen-bond donors (Lipinski definition) is 2. The molecule has 4 nitrogen and oxygen atoms in total. The molecule has 1 amide bonds. The fourth-order valence-corrected chi connectivity index (χ4v) is 4.40. The van der Waals surface area contributed by atoms with Gasteiger partial charge < -0.3 is 15.2 Å². The predicted octanol–water partition coefficient (Wildman–Crippen LogP) is 4.81. The lowest BCUT2D eigenvalue weighted by Gasteiger charge is -2.36. The summed E-state index contributed by atoms with van der Waals surface area (Å²) < 4.78 is 47.1. The van der Waals surface area contributed by atoms with E-state index in [0.717, 1.165) is 12.1 Å². The van der Waals surface area contributed by atoms with Crippen molar-refractivity contribution in [2.75, 3.05) is 7.11 Å². The molecule has 1 saturated carbocycles. The Kier molecular flexibility index (Phi) is 5.10. The number of aliphatic hydroxyl groups is 1. The first-order chi connectivity index (χ1) is 14.3. The number of carbonyl (C=O) groups excluding carboxylic acids is 1. The lowest BCUT2D eigenvalue weighted by Crippen LogP contribution is -2.48. The summed E-state index contributed by atoms with van der Waals surface area (Å²) in [6, 6.07) is 6.00. The van der Waals surface area contributed by atoms with Gasteiger partial charge in [-0.25, -0.2) is 13.2 Å². The Morgan fingerprint density at radius 3 is 2.33 bits per heavy atom. The van der Waals surface area contributed by atoms with Gasteiger partial charge in [0.25, 0.3) is 5.91 Å². The standard InChI is InChI=1S/C23H22F3NO3/c1-12-16(9-14(11-18(12)25)13-3-4-17(24)19(26)10-13)20-21(28)23(27-22(20)29)7-5-15(30-2)6-8-23/h3-4,9-11,15,28H,5-8H2,1-2H3,(H,27,29)/t15-,23+. The quantitative estimate of drug-likeness (QED) is 0.754. The molecular formula is C23H22F3NO3. The van der Waals surface area contributed by atoms with Crippen LogP contribution >= 0.6 is 0 Å². The van der Waals surface area contributed by atoms with Crippen molar-refractivity contribution in [3.05, 3.63) is 64.7 Å². The maximum Gasteiger partial charge on any atom is 0.256 e. The van der Waals surface area contributed by atoms with Crippen molar-refractivity contribution in [1.29, 1.82) is 0 Å². The molecule has 1 aliphatic carbocycles. The average Bonchev–Trinajstić information content (AvgIpc) is 2.96. The van der Waals surface area contributed by atoms with Crippen LogP contribution in [0.4, 0.5) is 13.2 Å². The number of amides is 1. The largest absolute Gasteiger partial charge is 0.509 e. The molecule has 0 aromatic heterocycles. The molecule has 1 aliphatic heterocycles. The molecule has 2 N–H and O–H groups in total. The average molecular weight is 417 g/mol. The first-order valence-corrected chi connectivity index (χ1v) is 9.80. The molecule has 0 radical (unpaired) electrons. The number of methoxy groups -OCH3 is 1. The Bertz CT molecular complexity index is 1060. The Balaban J connectivity index is 1.80. The van der Waals surface area contributed by atoms with Gasteiger partial charge in [0.1, 0.15) is 11.6 Å². The lowest BCUT2D eigenvalue weighted by atomic mass is 9.79. The maximum absolute atomic E-state index is 14.7. The molecule has 30 heavy (non-hydrogen) atoms. The SMILES string of the molecule is CO[C@H]1CC[C@]2(CC1)NC(=O)C(c1cc(-c3ccc(F)c(F)c3)cc(F)c1C)=C2O. The normalized spacial score (nSPS) is 23.9. The molecule has 4 rings (SSSR count). The smallest absolute Gasteiger partial charge is 0.256 e. The Hall–Kier alpha value is -2.80. The van der Waals surface area contributed by atoms with E-state index in [1.165, 1.54) is 25.1 Å². The first kappa shape index (κ1) is 20.5. The number of nitrogens with one attached hydrogen (secondary N) is 1. The predicted molar refractivity (Wildman–Crippen MR) is 106 cm³/mol. The van der Waals surface area contributed by atoms with Gasteiger partial charge in [-0.2, -0.15) is 0 Å². The van der Waals surface area contributed by atoms with Crippen molar-refractivity contribution in [2.24, 2.45) is 0 Å². The van der Waals surface area contributed by atoms with Crippen LogP contribution in [-0.2, 0) is 9.53 Å². The second kappa shape index (κ2) is 7.47. The van der Waals surface area contributed by atoms with Gasteiger partial charge in [0.2, 0.25) is 0 Å². The minimum absolute atomic E-state index is 0.0201. The molecular weight excluding hydrogens is 395 g/mol. The van der Waals surface area contributed by atoms with Crippen molar-refractivity contribution in [3.63, 3.8) is 0 Å². The van der Waals surface area contributed by atoms with Crippen LogP contribution in [0.2, 0.25) is 0 Å². The van der Waals surface area contributed by atoms with Crippen LogP contribution in [0.1, 0.15) is 36.8 Å². The van der Waals surface area contributed by atoms with E-state index in [0.29, 0.717) is 25.7 Å². The second-order valence-electron chi connectivity index (χ2n) is 7.95. The number of benzene rings is 2. The highest BCUT2D eigenvalue weighted by Crippen LogP contribution is 2.43. The number of halogens is 3. The van der Waals surface area contributed by atoms with Crippen LogP contribution in [0.15, 0.2) is 36.1 Å². The number of ether oxygens (including phenoxy) is 1. The van der Waals surface area contributed by atoms with Crippen molar-refractivity contribution >= 4 is 11.5 Å². The molecule has 0 saturated heterocycles. The Morgan fingerprint density at radius 1 is 1.03 bits per heavy atom. The van der Waals surface area contributed by atoms with Crippen molar-refractivity contribution in [3.8, 4) is 11.1 Å². The van der Waals surface area contributed by atoms with Gasteiger partial charge in [-0.1, -0.05) is 6.07 Å². The van der Waals surface area contributed by atoms with Crippen molar-refractivity contribution < 1.29 is 27.8 Å². The third-order valence-corrected chi connectivity index (χ3v) is 6.26. The highest BCUT2D eigenvalue weighted by atomic mass is 19.2. The monoisotopic (exact) mass is 417 g/mol. The van der Waals surface area contributed by atoms with Gasteiger partial charge in [-0.15, -0.1) is 0 Å². The third-order valence-electron chi connectivity index (χ3n) is 6.26. The van der Waals surface area contributed by atoms with Crippen molar-refractivity contribution in [1.82, 2.24) is 5.32 Å². The van der Waals surface area contributed by atoms with Crippen LogP contribution in [0.3, 0.4) is 0 Å². The van der Waals surface area contributed by atoms with Gasteiger partial charge in [-0.3, -0.25) is 4.79 Å². The zero-order valence-corrected chi connectivity index (χ0v) is 16.7. The summed E-state index contributed by atoms with van der Waals surface area (Å²) in [5.74, 6) is -3.25. The fraction of sp³-hybridized carbons (Fsp3) is 0.348. The Morgan fingerprint density at radius 2 is 1.70 bits per heavy atom. The number of hydrogen-bond acceptors (Lipinski definition) is 3. The molecule has 1 fully saturated rings. The van der Waals surface area contributed by atoms with E-state index >= 15 is 0 Å². The molecule has 2 aromatic carbocycles. The number of rotatable bonds is 3. The molecule has 2 aromatic rings. The maximum atomic E-state index is 14.7. The topological polar surface area (TPSA) is 58.6 Å². The van der Waals surface area contributed by atoms with Crippen molar-refractivity contribution in [2.45, 2.75) is 44.2 Å². The van der Waals surface area contributed by atoms with Crippen LogP contribution in [0.25, 0.3) is 16.7 Å². The van der Waals surface area contributed by atoms with Gasteiger partial charge in [-0.05, 0) is 79.1 Å². The highest BCUT2D eigenvalue weighted by molar-refractivity contribution is 6.23. The zero-order valence-electron chi connectivity index (χ0n) is 16.7. The Labute approximate surface area is 172 Å². The van der Waals surface area contributed by atoms with E-state index < -0.39 is 28.9 Å². The molecule has 0 atom stereocenters. The van der Waals surface area contributed by atoms with Gasteiger partial charge in [0, 0.05) is 7.11 Å². The van der Waals surface area contributed by atoms with Crippen LogP contribution < -0.4 is 5.32 Å². The summed E-state index contributed by atoms with van der Waals surface area (Å²) in [7, 11) is 1.63. The highest BCUT2D eigenvalue weighted by Gasteiger charge is 2.48. The minimum Gasteiger partial charge on any atom is -0.509 e. The second-order valence-corrected chi connectivity index (χ2v) is 7.95. The van der Waals surface area contributed by atoms with Crippen LogP contribution in [0.5, 0.6) is 0 Å². The summed E-state index contributed by atoms with van der Waals surface area (Å²) >= 11 is 0. The van der Waals surface area contributed by atoms with E-state index in [-0.39, 0.29) is 39.7 Å². The zero-order chi connectivity index (χ0) is 21.6. The summed E-state index contributed by atoms with van der Waals surface area (Å²) in [6.45, 7) is 1.51. The van der Waals surface area contributed by atoms with E-state index in [1.807, 2.05) is 0 Å². The number of carbonyl (C=O) groups is 1. The molecule has 0 bridgehead atoms. The summed E-state index contributed by atoms with van der Waals surface area (Å²) in [5.41, 5.74) is 0.109. The fourth-order valence-electron chi connectivity index (χ4n) is 4.40. The molecule has 158 valence electrons. The molecule has 0 unspecified atom stereocenters. The van der Waals surface area contributed by atoms with E-state index in [2.05, 4.69) is 5.32 Å². The third kappa shape index (κ3) is 3.27. The summed E-state index contributed by atoms with van der Waals surface area (Å²) in [6.07, 6.45) is 2.45. The minimum atomic E-state index is -1.05. The summed E-state index contributed by atoms with van der Waals surface area (Å²) in [4.78, 5) is 12.8. The van der Waals surface area contributed by atoms with Crippen LogP contribution in [-0.4, -0.2) is 29.8 Å². The lowest BCUT2D eigenvalue weighted by molar-refractivity contribution is -0.116. The van der Waals surface area contributed by atoms with E-state index in [9.17, 15) is 23.1 Å². The van der Waals surface area contributed by atoms with Gasteiger partial charge in [0.05, 0.1) is 17.2 Å². The molecule has 1 heterocycles. The number of aliphatic hydroxyl groups excluding tert-OH is 1. The molecule has 2 aliphatic rings. The van der Waals surface area contributed by atoms with E-state index in [1.54, 1.807) is 7.11 Å². The van der Waals surface area contributed by atoms with Gasteiger partial charge in [0.15, 0.2) is 11.6 Å². The van der Waals surface area contributed by atoms with Gasteiger partial charge >= 0.3 is 0 Å². The van der Waals surface area contributed by atoms with Crippen LogP contribution in [0, 0.1) is 24.4 Å². The molecule has 1 spiro atoms. The molecule has 7 heteroatoms. The first-order valence-electron chi connectivity index (χ1n) is 9.80. The van der Waals surface area contributed by atoms with E-state index in [4.69, 9.17) is 4.74 Å². The summed E-state index contributed by atoms with van der Waals surface area (Å²) in [5, 5.41) is 13.9.